The zero-order chi connectivity index (χ0) is 7.28. The van der Waals surface area contributed by atoms with Gasteiger partial charge in [0.1, 0.15) is 0 Å². The second-order valence-electron chi connectivity index (χ2n) is 2.43. The molecule has 0 amide bonds. The third-order valence-electron chi connectivity index (χ3n) is 1.66. The average molecular weight is 126 g/mol. The van der Waals surface area contributed by atoms with Crippen molar-refractivity contribution in [2.75, 3.05) is 0 Å². The molecule has 0 bridgehead atoms. The molecule has 0 spiro atoms. The van der Waals surface area contributed by atoms with Crippen molar-refractivity contribution < 1.29 is 0 Å². The molecule has 0 unspecified atom stereocenters. The van der Waals surface area contributed by atoms with E-state index in [0.717, 1.165) is 25.0 Å². The Bertz CT molecular complexity index is 86.6. The Hall–Kier alpha value is -0.330. The molecule has 1 heteroatoms. The van der Waals surface area contributed by atoms with E-state index in [4.69, 9.17) is 5.41 Å². The van der Waals surface area contributed by atoms with Gasteiger partial charge in [-0.1, -0.05) is 20.3 Å². The normalized spacial score (nSPS) is 13.2. The smallest absolute Gasteiger partial charge is 0.00890 e. The van der Waals surface area contributed by atoms with Crippen LogP contribution >= 0.6 is 0 Å². The number of hydrogen-bond donors (Lipinski definition) is 1. The van der Waals surface area contributed by atoms with Gasteiger partial charge in [0.15, 0.2) is 0 Å². The first-order valence-electron chi connectivity index (χ1n) is 3.56. The van der Waals surface area contributed by atoms with Gasteiger partial charge in [-0.05, 0) is 25.7 Å². The average Bonchev–Trinajstić information content (AvgIpc) is 1.82. The summed E-state index contributed by atoms with van der Waals surface area (Å²) in [6.45, 7) is 7.76. The minimum Gasteiger partial charge on any atom is -0.310 e. The first-order valence-corrected chi connectivity index (χ1v) is 3.56. The van der Waals surface area contributed by atoms with E-state index in [9.17, 15) is 0 Å². The molecular formula is C8H16N. The van der Waals surface area contributed by atoms with Gasteiger partial charge in [-0.15, -0.1) is 0 Å². The summed E-state index contributed by atoms with van der Waals surface area (Å²) in [6.07, 6.45) is 3.12. The van der Waals surface area contributed by atoms with E-state index in [1.54, 1.807) is 0 Å². The number of hydrogen-bond acceptors (Lipinski definition) is 1. The van der Waals surface area contributed by atoms with Crippen LogP contribution in [0.3, 0.4) is 0 Å². The largest absolute Gasteiger partial charge is 0.310 e. The van der Waals surface area contributed by atoms with Crippen molar-refractivity contribution in [1.82, 2.24) is 0 Å². The maximum Gasteiger partial charge on any atom is 0.00890 e. The molecule has 0 aromatic heterocycles. The Kier molecular flexibility index (Phi) is 4.37. The van der Waals surface area contributed by atoms with Crippen LogP contribution in [0.4, 0.5) is 0 Å². The SMILES string of the molecule is [CH2]CC[C@H](CC)C(C)=N. The molecule has 1 nitrogen and oxygen atoms in total. The molecule has 53 valence electrons. The molecule has 0 saturated heterocycles. The summed E-state index contributed by atoms with van der Waals surface area (Å²) in [5, 5.41) is 7.33. The molecule has 0 aromatic rings. The van der Waals surface area contributed by atoms with Crippen molar-refractivity contribution in [1.29, 1.82) is 5.41 Å². The van der Waals surface area contributed by atoms with Crippen molar-refractivity contribution in [3.63, 3.8) is 0 Å². The monoisotopic (exact) mass is 126 g/mol. The molecule has 0 heterocycles. The van der Waals surface area contributed by atoms with Gasteiger partial charge in [0, 0.05) is 5.71 Å². The first-order chi connectivity index (χ1) is 4.22. The molecular weight excluding hydrogens is 110 g/mol. The summed E-state index contributed by atoms with van der Waals surface area (Å²) in [7, 11) is 0. The highest BCUT2D eigenvalue weighted by Crippen LogP contribution is 2.10. The van der Waals surface area contributed by atoms with E-state index in [0.29, 0.717) is 5.92 Å². The summed E-state index contributed by atoms with van der Waals surface area (Å²) in [5.74, 6) is 0.488. The Morgan fingerprint density at radius 2 is 2.22 bits per heavy atom. The number of nitrogens with one attached hydrogen (secondary N) is 1. The summed E-state index contributed by atoms with van der Waals surface area (Å²) < 4.78 is 0. The van der Waals surface area contributed by atoms with Crippen LogP contribution in [-0.4, -0.2) is 5.71 Å². The third-order valence-corrected chi connectivity index (χ3v) is 1.66. The lowest BCUT2D eigenvalue weighted by Gasteiger charge is -2.10. The number of rotatable bonds is 4. The van der Waals surface area contributed by atoms with Crippen LogP contribution in [-0.2, 0) is 0 Å². The molecule has 0 fully saturated rings. The Balaban J connectivity index is 3.54. The second kappa shape index (κ2) is 4.54. The maximum absolute atomic E-state index is 7.33. The molecule has 0 saturated carbocycles. The molecule has 0 aliphatic heterocycles. The minimum atomic E-state index is 0.488. The summed E-state index contributed by atoms with van der Waals surface area (Å²) in [6, 6.07) is 0. The van der Waals surface area contributed by atoms with Crippen LogP contribution in [0.2, 0.25) is 0 Å². The fraction of sp³-hybridized carbons (Fsp3) is 0.750. The Morgan fingerprint density at radius 1 is 1.67 bits per heavy atom. The molecule has 0 aromatic carbocycles. The summed E-state index contributed by atoms with van der Waals surface area (Å²) >= 11 is 0. The zero-order valence-electron chi connectivity index (χ0n) is 6.41. The molecule has 1 atom stereocenters. The van der Waals surface area contributed by atoms with Crippen LogP contribution in [0, 0.1) is 18.3 Å². The molecule has 0 rings (SSSR count). The first kappa shape index (κ1) is 8.67. The van der Waals surface area contributed by atoms with Gasteiger partial charge < -0.3 is 5.41 Å². The lowest BCUT2D eigenvalue weighted by Crippen LogP contribution is -2.07. The van der Waals surface area contributed by atoms with E-state index >= 15 is 0 Å². The molecule has 0 aliphatic rings. The standard InChI is InChI=1S/C8H16N/c1-4-6-8(5-2)7(3)9/h8-9H,1,4-6H2,2-3H3/t8-/m0/s1. The lowest BCUT2D eigenvalue weighted by molar-refractivity contribution is 0.606. The van der Waals surface area contributed by atoms with Gasteiger partial charge in [0.05, 0.1) is 0 Å². The molecule has 9 heavy (non-hydrogen) atoms. The van der Waals surface area contributed by atoms with Crippen LogP contribution in [0.15, 0.2) is 0 Å². The van der Waals surface area contributed by atoms with Gasteiger partial charge in [-0.3, -0.25) is 0 Å². The highest BCUT2D eigenvalue weighted by atomic mass is 14.4. The lowest BCUT2D eigenvalue weighted by atomic mass is 9.96. The summed E-state index contributed by atoms with van der Waals surface area (Å²) in [5.41, 5.74) is 0.807. The van der Waals surface area contributed by atoms with Crippen molar-refractivity contribution in [3.05, 3.63) is 6.92 Å². The quantitative estimate of drug-likeness (QED) is 0.560. The van der Waals surface area contributed by atoms with Crippen LogP contribution in [0.25, 0.3) is 0 Å². The van der Waals surface area contributed by atoms with Crippen molar-refractivity contribution >= 4 is 5.71 Å². The van der Waals surface area contributed by atoms with Crippen molar-refractivity contribution in [2.24, 2.45) is 5.92 Å². The van der Waals surface area contributed by atoms with Gasteiger partial charge in [0.2, 0.25) is 0 Å². The van der Waals surface area contributed by atoms with Gasteiger partial charge >= 0.3 is 0 Å². The van der Waals surface area contributed by atoms with E-state index < -0.39 is 0 Å². The van der Waals surface area contributed by atoms with Gasteiger partial charge in [-0.25, -0.2) is 0 Å². The maximum atomic E-state index is 7.33. The van der Waals surface area contributed by atoms with Crippen molar-refractivity contribution in [2.45, 2.75) is 33.1 Å². The Labute approximate surface area is 58.0 Å². The third kappa shape index (κ3) is 3.28. The highest BCUT2D eigenvalue weighted by molar-refractivity contribution is 5.81. The van der Waals surface area contributed by atoms with E-state index in [1.807, 2.05) is 6.92 Å². The van der Waals surface area contributed by atoms with Gasteiger partial charge in [-0.2, -0.15) is 0 Å². The Morgan fingerprint density at radius 3 is 2.33 bits per heavy atom. The van der Waals surface area contributed by atoms with Crippen molar-refractivity contribution in [3.8, 4) is 0 Å². The predicted octanol–water partition coefficient (Wildman–Crippen LogP) is 2.67. The summed E-state index contributed by atoms with van der Waals surface area (Å²) in [4.78, 5) is 0. The zero-order valence-corrected chi connectivity index (χ0v) is 6.41. The minimum absolute atomic E-state index is 0.488. The van der Waals surface area contributed by atoms with E-state index in [1.165, 1.54) is 0 Å². The topological polar surface area (TPSA) is 23.9 Å². The molecule has 1 radical (unpaired) electrons. The van der Waals surface area contributed by atoms with Gasteiger partial charge in [0.25, 0.3) is 0 Å². The van der Waals surface area contributed by atoms with Crippen LogP contribution in [0.1, 0.15) is 33.1 Å². The van der Waals surface area contributed by atoms with E-state index in [2.05, 4.69) is 13.8 Å². The molecule has 0 aliphatic carbocycles. The molecule has 1 N–H and O–H groups in total. The highest BCUT2D eigenvalue weighted by Gasteiger charge is 2.05. The fourth-order valence-corrected chi connectivity index (χ4v) is 0.973. The fourth-order valence-electron chi connectivity index (χ4n) is 0.973. The predicted molar refractivity (Wildman–Crippen MR) is 41.8 cm³/mol. The second-order valence-corrected chi connectivity index (χ2v) is 2.43. The van der Waals surface area contributed by atoms with Crippen LogP contribution < -0.4 is 0 Å². The van der Waals surface area contributed by atoms with Crippen LogP contribution in [0.5, 0.6) is 0 Å². The van der Waals surface area contributed by atoms with E-state index in [-0.39, 0.29) is 0 Å².